The third-order valence-electron chi connectivity index (χ3n) is 2.09. The van der Waals surface area contributed by atoms with Gasteiger partial charge < -0.3 is 10.5 Å². The minimum atomic E-state index is 0.191. The lowest BCUT2D eigenvalue weighted by atomic mass is 10.2. The summed E-state index contributed by atoms with van der Waals surface area (Å²) in [7, 11) is 0. The molecule has 0 fully saturated rings. The Morgan fingerprint density at radius 1 is 1.15 bits per heavy atom. The average molecular weight is 175 g/mol. The van der Waals surface area contributed by atoms with E-state index in [9.17, 15) is 0 Å². The molecule has 1 aliphatic carbocycles. The van der Waals surface area contributed by atoms with E-state index in [1.807, 2.05) is 24.3 Å². The zero-order valence-corrected chi connectivity index (χ0v) is 7.44. The summed E-state index contributed by atoms with van der Waals surface area (Å²) < 4.78 is 5.47. The Morgan fingerprint density at radius 2 is 1.85 bits per heavy atom. The second kappa shape index (κ2) is 3.73. The van der Waals surface area contributed by atoms with Gasteiger partial charge in [0.2, 0.25) is 0 Å². The zero-order valence-electron chi connectivity index (χ0n) is 7.44. The van der Waals surface area contributed by atoms with Gasteiger partial charge in [-0.3, -0.25) is 0 Å². The lowest BCUT2D eigenvalue weighted by Crippen LogP contribution is -2.06. The quantitative estimate of drug-likeness (QED) is 0.703. The number of nitrogens with two attached hydrogens (primary N) is 1. The Hall–Kier alpha value is -1.12. The summed E-state index contributed by atoms with van der Waals surface area (Å²) >= 11 is 0. The van der Waals surface area contributed by atoms with Crippen molar-refractivity contribution in [3.05, 3.63) is 47.5 Å². The molecule has 1 aromatic rings. The van der Waals surface area contributed by atoms with Crippen molar-refractivity contribution in [2.45, 2.75) is 12.6 Å². The molecule has 0 aliphatic heterocycles. The van der Waals surface area contributed by atoms with Crippen LogP contribution in [0.3, 0.4) is 0 Å². The molecule has 0 saturated carbocycles. The molecule has 0 heterocycles. The van der Waals surface area contributed by atoms with E-state index in [2.05, 4.69) is 12.1 Å². The molecule has 2 heteroatoms. The standard InChI is InChI=1S/C11H13NO/c12-11-6-10(11)8-13-7-9-4-2-1-3-5-9/h1-6,11H,7-8,12H2/t11-/m0/s1. The molecule has 1 aliphatic rings. The molecule has 1 atom stereocenters. The van der Waals surface area contributed by atoms with Crippen LogP contribution in [0.1, 0.15) is 5.56 Å². The van der Waals surface area contributed by atoms with Crippen molar-refractivity contribution in [1.82, 2.24) is 0 Å². The molecule has 0 spiro atoms. The predicted molar refractivity (Wildman–Crippen MR) is 52.2 cm³/mol. The van der Waals surface area contributed by atoms with Crippen LogP contribution in [0.4, 0.5) is 0 Å². The predicted octanol–water partition coefficient (Wildman–Crippen LogP) is 1.47. The van der Waals surface area contributed by atoms with Crippen LogP contribution in [0.5, 0.6) is 0 Å². The van der Waals surface area contributed by atoms with E-state index in [4.69, 9.17) is 10.5 Å². The molecule has 0 saturated heterocycles. The number of ether oxygens (including phenoxy) is 1. The molecule has 2 nitrogen and oxygen atoms in total. The van der Waals surface area contributed by atoms with Crippen molar-refractivity contribution in [3.8, 4) is 0 Å². The average Bonchev–Trinajstić information content (AvgIpc) is 2.84. The Morgan fingerprint density at radius 3 is 2.46 bits per heavy atom. The first-order chi connectivity index (χ1) is 6.36. The van der Waals surface area contributed by atoms with E-state index in [1.165, 1.54) is 11.1 Å². The Kier molecular flexibility index (Phi) is 2.43. The van der Waals surface area contributed by atoms with Crippen molar-refractivity contribution >= 4 is 0 Å². The van der Waals surface area contributed by atoms with Gasteiger partial charge in [0.1, 0.15) is 0 Å². The van der Waals surface area contributed by atoms with E-state index in [1.54, 1.807) is 0 Å². The minimum Gasteiger partial charge on any atom is -0.372 e. The molecule has 68 valence electrons. The molecule has 2 rings (SSSR count). The Bertz CT molecular complexity index is 305. The van der Waals surface area contributed by atoms with Crippen molar-refractivity contribution in [1.29, 1.82) is 0 Å². The van der Waals surface area contributed by atoms with Crippen LogP contribution in [0.15, 0.2) is 42.0 Å². The fourth-order valence-corrected chi connectivity index (χ4v) is 1.19. The van der Waals surface area contributed by atoms with E-state index in [0.717, 1.165) is 0 Å². The van der Waals surface area contributed by atoms with Crippen LogP contribution < -0.4 is 5.73 Å². The maximum Gasteiger partial charge on any atom is 0.0721 e. The molecule has 0 unspecified atom stereocenters. The van der Waals surface area contributed by atoms with E-state index < -0.39 is 0 Å². The highest BCUT2D eigenvalue weighted by Gasteiger charge is 2.18. The van der Waals surface area contributed by atoms with Crippen LogP contribution >= 0.6 is 0 Å². The summed E-state index contributed by atoms with van der Waals surface area (Å²) in [5.41, 5.74) is 8.00. The largest absolute Gasteiger partial charge is 0.372 e. The molecule has 13 heavy (non-hydrogen) atoms. The molecule has 1 aromatic carbocycles. The monoisotopic (exact) mass is 175 g/mol. The summed E-state index contributed by atoms with van der Waals surface area (Å²) in [4.78, 5) is 0. The summed E-state index contributed by atoms with van der Waals surface area (Å²) in [5.74, 6) is 0. The summed E-state index contributed by atoms with van der Waals surface area (Å²) in [6.07, 6.45) is 2.02. The molecule has 0 aromatic heterocycles. The molecular weight excluding hydrogens is 162 g/mol. The first-order valence-corrected chi connectivity index (χ1v) is 4.44. The van der Waals surface area contributed by atoms with Crippen LogP contribution in [0, 0.1) is 0 Å². The van der Waals surface area contributed by atoms with Gasteiger partial charge in [0.15, 0.2) is 0 Å². The van der Waals surface area contributed by atoms with Crippen molar-refractivity contribution in [3.63, 3.8) is 0 Å². The van der Waals surface area contributed by atoms with Crippen molar-refractivity contribution in [2.24, 2.45) is 5.73 Å². The van der Waals surface area contributed by atoms with Gasteiger partial charge in [-0.15, -0.1) is 0 Å². The highest BCUT2D eigenvalue weighted by Crippen LogP contribution is 2.17. The SMILES string of the molecule is N[C@H]1C=C1COCc1ccccc1. The van der Waals surface area contributed by atoms with Gasteiger partial charge in [-0.2, -0.15) is 0 Å². The fourth-order valence-electron chi connectivity index (χ4n) is 1.19. The molecule has 0 bridgehead atoms. The highest BCUT2D eigenvalue weighted by atomic mass is 16.5. The second-order valence-electron chi connectivity index (χ2n) is 3.25. The fraction of sp³-hybridized carbons (Fsp3) is 0.273. The third kappa shape index (κ3) is 2.41. The maximum absolute atomic E-state index is 5.57. The molecular formula is C11H13NO. The van der Waals surface area contributed by atoms with Gasteiger partial charge >= 0.3 is 0 Å². The maximum atomic E-state index is 5.57. The highest BCUT2D eigenvalue weighted by molar-refractivity contribution is 5.34. The molecule has 2 N–H and O–H groups in total. The number of rotatable bonds is 4. The topological polar surface area (TPSA) is 35.2 Å². The van der Waals surface area contributed by atoms with Crippen molar-refractivity contribution < 1.29 is 4.74 Å². The van der Waals surface area contributed by atoms with Crippen LogP contribution in [-0.4, -0.2) is 12.6 Å². The van der Waals surface area contributed by atoms with E-state index in [0.29, 0.717) is 13.2 Å². The third-order valence-corrected chi connectivity index (χ3v) is 2.09. The smallest absolute Gasteiger partial charge is 0.0721 e. The van der Waals surface area contributed by atoms with Crippen LogP contribution in [0.25, 0.3) is 0 Å². The van der Waals surface area contributed by atoms with Crippen LogP contribution in [-0.2, 0) is 11.3 Å². The van der Waals surface area contributed by atoms with Crippen LogP contribution in [0.2, 0.25) is 0 Å². The Labute approximate surface area is 78.0 Å². The number of hydrogen-bond donors (Lipinski definition) is 1. The molecule has 0 radical (unpaired) electrons. The summed E-state index contributed by atoms with van der Waals surface area (Å²) in [5, 5.41) is 0. The first-order valence-electron chi connectivity index (χ1n) is 4.44. The summed E-state index contributed by atoms with van der Waals surface area (Å²) in [6.45, 7) is 1.35. The van der Waals surface area contributed by atoms with Crippen molar-refractivity contribution in [2.75, 3.05) is 6.61 Å². The second-order valence-corrected chi connectivity index (χ2v) is 3.25. The molecule has 0 amide bonds. The van der Waals surface area contributed by atoms with E-state index in [-0.39, 0.29) is 6.04 Å². The van der Waals surface area contributed by atoms with Gasteiger partial charge in [0.25, 0.3) is 0 Å². The lowest BCUT2D eigenvalue weighted by Gasteiger charge is -2.01. The van der Waals surface area contributed by atoms with Gasteiger partial charge in [-0.05, 0) is 11.1 Å². The van der Waals surface area contributed by atoms with Gasteiger partial charge in [-0.25, -0.2) is 0 Å². The van der Waals surface area contributed by atoms with Gasteiger partial charge in [-0.1, -0.05) is 36.4 Å². The van der Waals surface area contributed by atoms with Gasteiger partial charge in [0.05, 0.1) is 13.2 Å². The Balaban J connectivity index is 1.71. The van der Waals surface area contributed by atoms with Gasteiger partial charge in [0, 0.05) is 6.04 Å². The minimum absolute atomic E-state index is 0.191. The number of hydrogen-bond acceptors (Lipinski definition) is 2. The summed E-state index contributed by atoms with van der Waals surface area (Å²) in [6, 6.07) is 10.3. The normalized spacial score (nSPS) is 19.8. The zero-order chi connectivity index (χ0) is 9.10. The van der Waals surface area contributed by atoms with E-state index >= 15 is 0 Å². The lowest BCUT2D eigenvalue weighted by molar-refractivity contribution is 0.144. The number of benzene rings is 1. The first kappa shape index (κ1) is 8.48.